The van der Waals surface area contributed by atoms with Crippen molar-refractivity contribution in [1.29, 1.82) is 0 Å². The van der Waals surface area contributed by atoms with E-state index in [1.165, 1.54) is 23.9 Å². The van der Waals surface area contributed by atoms with Crippen molar-refractivity contribution >= 4 is 35.2 Å². The van der Waals surface area contributed by atoms with Crippen LogP contribution in [0.25, 0.3) is 0 Å². The van der Waals surface area contributed by atoms with Crippen molar-refractivity contribution in [2.75, 3.05) is 5.75 Å². The zero-order chi connectivity index (χ0) is 25.4. The minimum atomic E-state index is -0.736. The van der Waals surface area contributed by atoms with Crippen molar-refractivity contribution in [2.45, 2.75) is 50.2 Å². The number of rotatable bonds is 9. The van der Waals surface area contributed by atoms with Crippen LogP contribution >= 0.6 is 23.4 Å². The molecule has 0 aliphatic carbocycles. The molecular weight excluding hydrogens is 483 g/mol. The molecule has 2 amide bonds. The van der Waals surface area contributed by atoms with Gasteiger partial charge in [0.1, 0.15) is 11.9 Å². The summed E-state index contributed by atoms with van der Waals surface area (Å²) in [7, 11) is 0. The van der Waals surface area contributed by atoms with E-state index in [9.17, 15) is 14.0 Å². The van der Waals surface area contributed by atoms with E-state index < -0.39 is 11.6 Å². The highest BCUT2D eigenvalue weighted by atomic mass is 35.5. The largest absolute Gasteiger partial charge is 0.350 e. The lowest BCUT2D eigenvalue weighted by atomic mass is 10.0. The maximum atomic E-state index is 13.6. The van der Waals surface area contributed by atoms with Gasteiger partial charge in [0.25, 0.3) is 0 Å². The van der Waals surface area contributed by atoms with Crippen molar-refractivity contribution in [3.8, 4) is 0 Å². The number of amides is 2. The summed E-state index contributed by atoms with van der Waals surface area (Å²) in [4.78, 5) is 29.6. The smallest absolute Gasteiger partial charge is 0.243 e. The number of hydrogen-bond acceptors (Lipinski definition) is 3. The molecule has 0 aromatic heterocycles. The lowest BCUT2D eigenvalue weighted by molar-refractivity contribution is -0.140. The van der Waals surface area contributed by atoms with E-state index in [1.807, 2.05) is 63.2 Å². The van der Waals surface area contributed by atoms with E-state index in [0.29, 0.717) is 11.4 Å². The Morgan fingerprint density at radius 1 is 0.943 bits per heavy atom. The molecule has 0 fully saturated rings. The number of carbonyl (C=O) groups excluding carboxylic acids is 2. The van der Waals surface area contributed by atoms with Gasteiger partial charge in [0.15, 0.2) is 0 Å². The number of nitrogens with one attached hydrogen (secondary N) is 1. The van der Waals surface area contributed by atoms with Gasteiger partial charge in [0.2, 0.25) is 11.8 Å². The summed E-state index contributed by atoms with van der Waals surface area (Å²) >= 11 is 7.36. The molecule has 0 aliphatic rings. The first-order valence-corrected chi connectivity index (χ1v) is 12.8. The normalized spacial score (nSPS) is 12.1. The van der Waals surface area contributed by atoms with E-state index in [2.05, 4.69) is 5.32 Å². The monoisotopic (exact) mass is 512 g/mol. The molecule has 0 heterocycles. The fourth-order valence-electron chi connectivity index (χ4n) is 3.55. The number of halogens is 2. The Bertz CT molecular complexity index is 1120. The molecule has 0 saturated carbocycles. The first-order valence-electron chi connectivity index (χ1n) is 11.4. The van der Waals surface area contributed by atoms with Crippen LogP contribution in [0.5, 0.6) is 0 Å². The molecule has 0 radical (unpaired) electrons. The predicted molar refractivity (Wildman–Crippen MR) is 141 cm³/mol. The second kappa shape index (κ2) is 12.2. The fraction of sp³-hybridized carbons (Fsp3) is 0.286. The second-order valence-electron chi connectivity index (χ2n) is 9.34. The maximum Gasteiger partial charge on any atom is 0.243 e. The molecule has 1 N–H and O–H groups in total. The summed E-state index contributed by atoms with van der Waals surface area (Å²) in [6, 6.07) is 22.2. The highest BCUT2D eigenvalue weighted by molar-refractivity contribution is 8.00. The average molecular weight is 513 g/mol. The molecule has 0 saturated heterocycles. The SMILES string of the molecule is CC(C)(C)NC(=O)C(Cc1ccccc1)N(Cc1ccc(F)cc1)C(=O)CSc1ccc(Cl)cc1. The van der Waals surface area contributed by atoms with Crippen molar-refractivity contribution < 1.29 is 14.0 Å². The molecular formula is C28H30ClFN2O2S. The zero-order valence-corrected chi connectivity index (χ0v) is 21.7. The Morgan fingerprint density at radius 2 is 1.57 bits per heavy atom. The fourth-order valence-corrected chi connectivity index (χ4v) is 4.46. The van der Waals surface area contributed by atoms with Crippen molar-refractivity contribution in [1.82, 2.24) is 10.2 Å². The molecule has 1 unspecified atom stereocenters. The summed E-state index contributed by atoms with van der Waals surface area (Å²) in [5.74, 6) is -0.611. The number of carbonyl (C=O) groups is 2. The highest BCUT2D eigenvalue weighted by Crippen LogP contribution is 2.23. The molecule has 3 rings (SSSR count). The number of nitrogens with zero attached hydrogens (tertiary/aromatic N) is 1. The van der Waals surface area contributed by atoms with Gasteiger partial charge in [-0.1, -0.05) is 54.1 Å². The third-order valence-electron chi connectivity index (χ3n) is 5.21. The van der Waals surface area contributed by atoms with E-state index in [4.69, 9.17) is 11.6 Å². The van der Waals surface area contributed by atoms with Gasteiger partial charge in [-0.15, -0.1) is 11.8 Å². The van der Waals surface area contributed by atoms with Crippen molar-refractivity contribution in [2.24, 2.45) is 0 Å². The topological polar surface area (TPSA) is 49.4 Å². The van der Waals surface area contributed by atoms with E-state index in [1.54, 1.807) is 29.2 Å². The predicted octanol–water partition coefficient (Wildman–Crippen LogP) is 6.13. The Kier molecular flexibility index (Phi) is 9.35. The lowest BCUT2D eigenvalue weighted by Gasteiger charge is -2.34. The van der Waals surface area contributed by atoms with Crippen molar-refractivity contribution in [3.63, 3.8) is 0 Å². The Balaban J connectivity index is 1.91. The molecule has 1 atom stereocenters. The Hall–Kier alpha value is -2.83. The average Bonchev–Trinajstić information content (AvgIpc) is 2.81. The third kappa shape index (κ3) is 8.71. The maximum absolute atomic E-state index is 13.6. The molecule has 3 aromatic rings. The number of thioether (sulfide) groups is 1. The van der Waals surface area contributed by atoms with Gasteiger partial charge in [-0.25, -0.2) is 4.39 Å². The van der Waals surface area contributed by atoms with Gasteiger partial charge in [0, 0.05) is 28.4 Å². The van der Waals surface area contributed by atoms with Gasteiger partial charge in [-0.3, -0.25) is 9.59 Å². The van der Waals surface area contributed by atoms with Gasteiger partial charge in [-0.05, 0) is 68.3 Å². The number of benzene rings is 3. The van der Waals surface area contributed by atoms with E-state index in [0.717, 1.165) is 16.0 Å². The molecule has 0 bridgehead atoms. The second-order valence-corrected chi connectivity index (χ2v) is 10.8. The number of hydrogen-bond donors (Lipinski definition) is 1. The van der Waals surface area contributed by atoms with Crippen LogP contribution in [0, 0.1) is 5.82 Å². The summed E-state index contributed by atoms with van der Waals surface area (Å²) < 4.78 is 13.5. The van der Waals surface area contributed by atoms with E-state index in [-0.39, 0.29) is 29.9 Å². The summed E-state index contributed by atoms with van der Waals surface area (Å²) in [5, 5.41) is 3.66. The van der Waals surface area contributed by atoms with Crippen molar-refractivity contribution in [3.05, 3.63) is 101 Å². The Morgan fingerprint density at radius 3 is 2.17 bits per heavy atom. The highest BCUT2D eigenvalue weighted by Gasteiger charge is 2.32. The molecule has 0 aliphatic heterocycles. The van der Waals surface area contributed by atoms with Gasteiger partial charge >= 0.3 is 0 Å². The van der Waals surface area contributed by atoms with Gasteiger partial charge < -0.3 is 10.2 Å². The van der Waals surface area contributed by atoms with Crippen LogP contribution in [0.4, 0.5) is 4.39 Å². The van der Waals surface area contributed by atoms with Crippen LogP contribution in [0.3, 0.4) is 0 Å². The van der Waals surface area contributed by atoms with Crippen LogP contribution in [-0.4, -0.2) is 34.0 Å². The van der Waals surface area contributed by atoms with Gasteiger partial charge in [-0.2, -0.15) is 0 Å². The standard InChI is InChI=1S/C28H30ClFN2O2S/c1-28(2,3)31-27(34)25(17-20-7-5-4-6-8-20)32(18-21-9-13-23(30)14-10-21)26(33)19-35-24-15-11-22(29)12-16-24/h4-16,25H,17-19H2,1-3H3,(H,31,34). The van der Waals surface area contributed by atoms with Crippen LogP contribution in [0.15, 0.2) is 83.8 Å². The van der Waals surface area contributed by atoms with Crippen LogP contribution in [-0.2, 0) is 22.6 Å². The third-order valence-corrected chi connectivity index (χ3v) is 6.46. The molecule has 3 aromatic carbocycles. The first-order chi connectivity index (χ1) is 16.6. The van der Waals surface area contributed by atoms with Crippen LogP contribution in [0.2, 0.25) is 5.02 Å². The molecule has 0 spiro atoms. The molecule has 184 valence electrons. The molecule has 35 heavy (non-hydrogen) atoms. The summed E-state index contributed by atoms with van der Waals surface area (Å²) in [6.45, 7) is 5.92. The van der Waals surface area contributed by atoms with Gasteiger partial charge in [0.05, 0.1) is 5.75 Å². The summed E-state index contributed by atoms with van der Waals surface area (Å²) in [6.07, 6.45) is 0.362. The quantitative estimate of drug-likeness (QED) is 0.351. The lowest BCUT2D eigenvalue weighted by Crippen LogP contribution is -2.54. The summed E-state index contributed by atoms with van der Waals surface area (Å²) in [5.41, 5.74) is 1.23. The molecule has 7 heteroatoms. The zero-order valence-electron chi connectivity index (χ0n) is 20.1. The molecule has 4 nitrogen and oxygen atoms in total. The Labute approximate surface area is 215 Å². The first kappa shape index (κ1) is 26.8. The minimum absolute atomic E-state index is 0.150. The minimum Gasteiger partial charge on any atom is -0.350 e. The van der Waals surface area contributed by atoms with Crippen LogP contribution in [0.1, 0.15) is 31.9 Å². The van der Waals surface area contributed by atoms with Crippen LogP contribution < -0.4 is 5.32 Å². The van der Waals surface area contributed by atoms with E-state index >= 15 is 0 Å².